The van der Waals surface area contributed by atoms with Gasteiger partial charge in [-0.05, 0) is 62.0 Å². The molecule has 1 aromatic rings. The van der Waals surface area contributed by atoms with Crippen LogP contribution in [-0.4, -0.2) is 53.2 Å². The number of rotatable bonds is 8. The van der Waals surface area contributed by atoms with Crippen LogP contribution < -0.4 is 0 Å². The third kappa shape index (κ3) is 5.07. The Morgan fingerprint density at radius 1 is 1.13 bits per heavy atom. The molecule has 1 aliphatic heterocycles. The molecule has 170 valence electrons. The molecular formula is C23H36O6S. The zero-order valence-electron chi connectivity index (χ0n) is 18.8. The van der Waals surface area contributed by atoms with E-state index in [2.05, 4.69) is 13.8 Å². The fraction of sp³-hybridized carbons (Fsp3) is 0.739. The normalized spacial score (nSPS) is 34.2. The van der Waals surface area contributed by atoms with Gasteiger partial charge in [-0.25, -0.2) is 8.42 Å². The number of ether oxygens (including phenoxy) is 4. The highest BCUT2D eigenvalue weighted by Gasteiger charge is 2.54. The summed E-state index contributed by atoms with van der Waals surface area (Å²) < 4.78 is 49.7. The lowest BCUT2D eigenvalue weighted by Gasteiger charge is -2.51. The van der Waals surface area contributed by atoms with E-state index in [4.69, 9.17) is 18.9 Å². The Balaban J connectivity index is 1.94. The van der Waals surface area contributed by atoms with Crippen LogP contribution in [0.5, 0.6) is 0 Å². The molecule has 30 heavy (non-hydrogen) atoms. The quantitative estimate of drug-likeness (QED) is 0.451. The van der Waals surface area contributed by atoms with Gasteiger partial charge >= 0.3 is 0 Å². The first-order valence-electron chi connectivity index (χ1n) is 10.8. The van der Waals surface area contributed by atoms with E-state index in [9.17, 15) is 8.42 Å². The number of hydrogen-bond acceptors (Lipinski definition) is 6. The first kappa shape index (κ1) is 23.7. The molecule has 1 heterocycles. The minimum atomic E-state index is -3.45. The summed E-state index contributed by atoms with van der Waals surface area (Å²) in [4.78, 5) is 0.374. The maximum Gasteiger partial charge on any atom is 0.178 e. The molecule has 1 aromatic carbocycles. The lowest BCUT2D eigenvalue weighted by Crippen LogP contribution is -2.53. The Labute approximate surface area is 181 Å². The molecule has 3 rings (SSSR count). The number of methoxy groups -OCH3 is 1. The molecule has 0 N–H and O–H groups in total. The Bertz CT molecular complexity index is 793. The molecule has 1 saturated carbocycles. The van der Waals surface area contributed by atoms with Crippen molar-refractivity contribution >= 4 is 9.84 Å². The minimum Gasteiger partial charge on any atom is -0.359 e. The molecule has 1 saturated heterocycles. The van der Waals surface area contributed by atoms with Crippen LogP contribution in [0.3, 0.4) is 0 Å². The average molecular weight is 441 g/mol. The van der Waals surface area contributed by atoms with E-state index in [1.807, 2.05) is 19.9 Å². The van der Waals surface area contributed by atoms with Crippen molar-refractivity contribution in [1.82, 2.24) is 0 Å². The van der Waals surface area contributed by atoms with Crippen molar-refractivity contribution in [2.24, 2.45) is 23.2 Å². The van der Waals surface area contributed by atoms with Gasteiger partial charge in [0.05, 0.1) is 30.0 Å². The lowest BCUT2D eigenvalue weighted by molar-refractivity contribution is -0.168. The van der Waals surface area contributed by atoms with Crippen molar-refractivity contribution in [2.75, 3.05) is 32.9 Å². The predicted molar refractivity (Wildman–Crippen MR) is 115 cm³/mol. The highest BCUT2D eigenvalue weighted by atomic mass is 32.2. The Morgan fingerprint density at radius 3 is 2.43 bits per heavy atom. The first-order chi connectivity index (χ1) is 14.1. The van der Waals surface area contributed by atoms with Crippen LogP contribution in [0.1, 0.15) is 40.5 Å². The van der Waals surface area contributed by atoms with Crippen molar-refractivity contribution < 1.29 is 27.4 Å². The second kappa shape index (κ2) is 9.25. The highest BCUT2D eigenvalue weighted by molar-refractivity contribution is 7.91. The standard InChI is InChI=1S/C23H36O6S/c1-17-11-12-18(13-27-16-26-5)21(20-14-28-22(2,3)29-20)23(17,4)15-30(24,25)19-9-7-6-8-10-19/h6-10,17-18,20-21H,11-16H2,1-5H3/t17-,18+,20+,21-,23+/m1/s1. The minimum absolute atomic E-state index is 0.00151. The average Bonchev–Trinajstić information content (AvgIpc) is 3.04. The van der Waals surface area contributed by atoms with Crippen LogP contribution in [-0.2, 0) is 28.8 Å². The molecule has 2 aliphatic rings. The summed E-state index contributed by atoms with van der Waals surface area (Å²) in [6, 6.07) is 8.74. The van der Waals surface area contributed by atoms with E-state index in [0.29, 0.717) is 18.1 Å². The molecule has 0 aromatic heterocycles. The smallest absolute Gasteiger partial charge is 0.178 e. The van der Waals surface area contributed by atoms with Gasteiger partial charge in [0.1, 0.15) is 6.79 Å². The van der Waals surface area contributed by atoms with Crippen molar-refractivity contribution in [3.8, 4) is 0 Å². The highest BCUT2D eigenvalue weighted by Crippen LogP contribution is 2.53. The van der Waals surface area contributed by atoms with Crippen LogP contribution in [0.4, 0.5) is 0 Å². The predicted octanol–water partition coefficient (Wildman–Crippen LogP) is 3.90. The van der Waals surface area contributed by atoms with Gasteiger partial charge in [-0.15, -0.1) is 0 Å². The van der Waals surface area contributed by atoms with Crippen LogP contribution in [0.2, 0.25) is 0 Å². The van der Waals surface area contributed by atoms with Gasteiger partial charge in [0.15, 0.2) is 15.6 Å². The molecule has 5 atom stereocenters. The maximum absolute atomic E-state index is 13.4. The van der Waals surface area contributed by atoms with Gasteiger partial charge in [0.25, 0.3) is 0 Å². The van der Waals surface area contributed by atoms with E-state index in [1.165, 1.54) is 0 Å². The SMILES string of the molecule is COCOC[C@@H]1CC[C@@H](C)[C@](C)(CS(=O)(=O)c2ccccc2)[C@H]1[C@@H]1COC(C)(C)O1. The monoisotopic (exact) mass is 440 g/mol. The summed E-state index contributed by atoms with van der Waals surface area (Å²) in [5.41, 5.74) is -0.470. The van der Waals surface area contributed by atoms with Crippen molar-refractivity contribution in [3.63, 3.8) is 0 Å². The molecule has 0 amide bonds. The van der Waals surface area contributed by atoms with Gasteiger partial charge in [0.2, 0.25) is 0 Å². The van der Waals surface area contributed by atoms with Gasteiger partial charge in [-0.1, -0.05) is 32.0 Å². The topological polar surface area (TPSA) is 71.1 Å². The number of sulfone groups is 1. The van der Waals surface area contributed by atoms with Crippen molar-refractivity contribution in [3.05, 3.63) is 30.3 Å². The fourth-order valence-corrected chi connectivity index (χ4v) is 7.32. The summed E-state index contributed by atoms with van der Waals surface area (Å²) in [6.07, 6.45) is 1.75. The molecule has 1 aliphatic carbocycles. The van der Waals surface area contributed by atoms with Gasteiger partial charge in [-0.2, -0.15) is 0 Å². The zero-order valence-corrected chi connectivity index (χ0v) is 19.6. The second-order valence-corrected chi connectivity index (χ2v) is 11.5. The van der Waals surface area contributed by atoms with Crippen LogP contribution >= 0.6 is 0 Å². The summed E-state index contributed by atoms with van der Waals surface area (Å²) >= 11 is 0. The third-order valence-electron chi connectivity index (χ3n) is 6.93. The van der Waals surface area contributed by atoms with Gasteiger partial charge < -0.3 is 18.9 Å². The van der Waals surface area contributed by atoms with Gasteiger partial charge in [0, 0.05) is 7.11 Å². The fourth-order valence-electron chi connectivity index (χ4n) is 5.29. The van der Waals surface area contributed by atoms with Crippen LogP contribution in [0.15, 0.2) is 35.2 Å². The number of benzene rings is 1. The van der Waals surface area contributed by atoms with E-state index in [0.717, 1.165) is 12.8 Å². The molecule has 0 unspecified atom stereocenters. The first-order valence-corrected chi connectivity index (χ1v) is 12.4. The van der Waals surface area contributed by atoms with E-state index in [1.54, 1.807) is 31.4 Å². The van der Waals surface area contributed by atoms with Crippen LogP contribution in [0, 0.1) is 23.2 Å². The second-order valence-electron chi connectivity index (χ2n) is 9.49. The van der Waals surface area contributed by atoms with Crippen LogP contribution in [0.25, 0.3) is 0 Å². The van der Waals surface area contributed by atoms with Crippen molar-refractivity contribution in [1.29, 1.82) is 0 Å². The largest absolute Gasteiger partial charge is 0.359 e. The molecule has 0 bridgehead atoms. The summed E-state index contributed by atoms with van der Waals surface area (Å²) in [6.45, 7) is 9.31. The number of hydrogen-bond donors (Lipinski definition) is 0. The summed E-state index contributed by atoms with van der Waals surface area (Å²) in [7, 11) is -1.85. The zero-order chi connectivity index (χ0) is 22.0. The molecule has 0 spiro atoms. The van der Waals surface area contributed by atoms with Gasteiger partial charge in [-0.3, -0.25) is 0 Å². The Hall–Kier alpha value is -0.990. The van der Waals surface area contributed by atoms with Crippen molar-refractivity contribution in [2.45, 2.75) is 57.3 Å². The third-order valence-corrected chi connectivity index (χ3v) is 8.93. The van der Waals surface area contributed by atoms with E-state index in [-0.39, 0.29) is 36.4 Å². The Kier molecular flexibility index (Phi) is 7.30. The molecule has 0 radical (unpaired) electrons. The van der Waals surface area contributed by atoms with E-state index >= 15 is 0 Å². The summed E-state index contributed by atoms with van der Waals surface area (Å²) in [5, 5.41) is 0. The Morgan fingerprint density at radius 2 is 1.83 bits per heavy atom. The van der Waals surface area contributed by atoms with E-state index < -0.39 is 21.0 Å². The molecule has 2 fully saturated rings. The summed E-state index contributed by atoms with van der Waals surface area (Å²) in [5.74, 6) is -0.181. The maximum atomic E-state index is 13.4. The molecular weight excluding hydrogens is 404 g/mol. The molecule has 7 heteroatoms. The molecule has 6 nitrogen and oxygen atoms in total. The lowest BCUT2D eigenvalue weighted by atomic mass is 9.57.